The average Bonchev–Trinajstić information content (AvgIpc) is 2.48. The van der Waals surface area contributed by atoms with Gasteiger partial charge in [-0.05, 0) is 50.0 Å². The van der Waals surface area contributed by atoms with Gasteiger partial charge in [-0.25, -0.2) is 4.39 Å². The number of carbonyl (C=O) groups excluding carboxylic acids is 1. The zero-order valence-electron chi connectivity index (χ0n) is 11.8. The Kier molecular flexibility index (Phi) is 4.90. The molecular weight excluding hydrogens is 255 g/mol. The summed E-state index contributed by atoms with van der Waals surface area (Å²) in [5, 5.41) is 0. The van der Waals surface area contributed by atoms with Gasteiger partial charge in [-0.15, -0.1) is 0 Å². The predicted octanol–water partition coefficient (Wildman–Crippen LogP) is 2.57. The molecule has 3 nitrogen and oxygen atoms in total. The number of amides is 1. The van der Waals surface area contributed by atoms with Crippen molar-refractivity contribution < 1.29 is 9.18 Å². The first kappa shape index (κ1) is 14.7. The molecule has 20 heavy (non-hydrogen) atoms. The molecule has 2 N–H and O–H groups in total. The molecule has 1 aromatic rings. The number of nitrogens with zero attached hydrogens (tertiary/aromatic N) is 1. The standard InChI is InChI=1S/C16H21FN2O/c1-12(10-13-5-7-14(17)8-6-13)16(20)19-9-3-2-4-15(19)11-18/h5-8,10,15H,2-4,9,11,18H2,1H3/b12-10-. The largest absolute Gasteiger partial charge is 0.335 e. The second-order valence-corrected chi connectivity index (χ2v) is 5.26. The summed E-state index contributed by atoms with van der Waals surface area (Å²) >= 11 is 0. The van der Waals surface area contributed by atoms with Crippen LogP contribution in [0.4, 0.5) is 4.39 Å². The number of nitrogens with two attached hydrogens (primary N) is 1. The van der Waals surface area contributed by atoms with Crippen molar-refractivity contribution in [1.82, 2.24) is 4.90 Å². The van der Waals surface area contributed by atoms with E-state index in [-0.39, 0.29) is 17.8 Å². The van der Waals surface area contributed by atoms with Gasteiger partial charge in [0.15, 0.2) is 0 Å². The van der Waals surface area contributed by atoms with Gasteiger partial charge in [-0.1, -0.05) is 12.1 Å². The highest BCUT2D eigenvalue weighted by Crippen LogP contribution is 2.19. The predicted molar refractivity (Wildman–Crippen MR) is 78.5 cm³/mol. The van der Waals surface area contributed by atoms with Crippen LogP contribution in [0, 0.1) is 5.82 Å². The van der Waals surface area contributed by atoms with Crippen LogP contribution in [0.5, 0.6) is 0 Å². The van der Waals surface area contributed by atoms with E-state index in [1.165, 1.54) is 12.1 Å². The molecule has 2 rings (SSSR count). The van der Waals surface area contributed by atoms with E-state index in [1.807, 2.05) is 4.90 Å². The lowest BCUT2D eigenvalue weighted by Crippen LogP contribution is -2.47. The highest BCUT2D eigenvalue weighted by Gasteiger charge is 2.26. The highest BCUT2D eigenvalue weighted by molar-refractivity contribution is 5.97. The van der Waals surface area contributed by atoms with Crippen LogP contribution >= 0.6 is 0 Å². The zero-order valence-corrected chi connectivity index (χ0v) is 11.8. The van der Waals surface area contributed by atoms with Crippen LogP contribution in [-0.2, 0) is 4.79 Å². The van der Waals surface area contributed by atoms with Gasteiger partial charge in [0.05, 0.1) is 0 Å². The van der Waals surface area contributed by atoms with Crippen molar-refractivity contribution in [3.05, 3.63) is 41.2 Å². The first-order chi connectivity index (χ1) is 9.61. The number of rotatable bonds is 3. The minimum Gasteiger partial charge on any atom is -0.335 e. The monoisotopic (exact) mass is 276 g/mol. The quantitative estimate of drug-likeness (QED) is 0.862. The molecule has 1 aromatic carbocycles. The number of hydrogen-bond donors (Lipinski definition) is 1. The lowest BCUT2D eigenvalue weighted by atomic mass is 10.0. The number of carbonyl (C=O) groups is 1. The lowest BCUT2D eigenvalue weighted by molar-refractivity contribution is -0.130. The molecule has 0 spiro atoms. The lowest BCUT2D eigenvalue weighted by Gasteiger charge is -2.35. The molecule has 0 radical (unpaired) electrons. The summed E-state index contributed by atoms with van der Waals surface area (Å²) in [6.07, 6.45) is 4.94. The Morgan fingerprint density at radius 3 is 2.75 bits per heavy atom. The Bertz CT molecular complexity index is 496. The van der Waals surface area contributed by atoms with Crippen LogP contribution in [0.1, 0.15) is 31.7 Å². The summed E-state index contributed by atoms with van der Waals surface area (Å²) in [5.74, 6) is -0.241. The fraction of sp³-hybridized carbons (Fsp3) is 0.438. The van der Waals surface area contributed by atoms with E-state index < -0.39 is 0 Å². The molecule has 0 aliphatic carbocycles. The summed E-state index contributed by atoms with van der Waals surface area (Å²) in [6, 6.07) is 6.28. The van der Waals surface area contributed by atoms with Gasteiger partial charge >= 0.3 is 0 Å². The Balaban J connectivity index is 2.12. The Hall–Kier alpha value is -1.68. The highest BCUT2D eigenvalue weighted by atomic mass is 19.1. The molecule has 1 saturated heterocycles. The molecular formula is C16H21FN2O. The molecule has 4 heteroatoms. The molecule has 1 atom stereocenters. The first-order valence-electron chi connectivity index (χ1n) is 7.06. The average molecular weight is 276 g/mol. The van der Waals surface area contributed by atoms with Gasteiger partial charge in [-0.3, -0.25) is 4.79 Å². The molecule has 1 unspecified atom stereocenters. The fourth-order valence-corrected chi connectivity index (χ4v) is 2.61. The molecule has 0 bridgehead atoms. The first-order valence-corrected chi connectivity index (χ1v) is 7.06. The number of hydrogen-bond acceptors (Lipinski definition) is 2. The van der Waals surface area contributed by atoms with Gasteiger partial charge < -0.3 is 10.6 Å². The minimum absolute atomic E-state index is 0.0319. The molecule has 1 heterocycles. The van der Waals surface area contributed by atoms with Crippen molar-refractivity contribution in [3.8, 4) is 0 Å². The van der Waals surface area contributed by atoms with Crippen molar-refractivity contribution in [2.45, 2.75) is 32.2 Å². The van der Waals surface area contributed by atoms with Gasteiger partial charge in [0.2, 0.25) is 5.91 Å². The van der Waals surface area contributed by atoms with Crippen LogP contribution in [0.25, 0.3) is 6.08 Å². The molecule has 1 aliphatic rings. The number of piperidine rings is 1. The van der Waals surface area contributed by atoms with Crippen LogP contribution in [0.15, 0.2) is 29.8 Å². The number of benzene rings is 1. The Morgan fingerprint density at radius 2 is 2.10 bits per heavy atom. The third kappa shape index (κ3) is 3.45. The smallest absolute Gasteiger partial charge is 0.249 e. The minimum atomic E-state index is -0.273. The van der Waals surface area contributed by atoms with Crippen LogP contribution < -0.4 is 5.73 Å². The van der Waals surface area contributed by atoms with E-state index >= 15 is 0 Å². The maximum Gasteiger partial charge on any atom is 0.249 e. The van der Waals surface area contributed by atoms with Crippen LogP contribution in [0.3, 0.4) is 0 Å². The molecule has 1 fully saturated rings. The van der Waals surface area contributed by atoms with E-state index in [0.29, 0.717) is 12.1 Å². The summed E-state index contributed by atoms with van der Waals surface area (Å²) in [4.78, 5) is 14.3. The normalized spacial score (nSPS) is 20.1. The maximum atomic E-state index is 12.9. The molecule has 108 valence electrons. The van der Waals surface area contributed by atoms with Crippen LogP contribution in [-0.4, -0.2) is 29.9 Å². The van der Waals surface area contributed by atoms with Gasteiger partial charge in [0.1, 0.15) is 5.82 Å². The van der Waals surface area contributed by atoms with Crippen molar-refractivity contribution >= 4 is 12.0 Å². The summed E-state index contributed by atoms with van der Waals surface area (Å²) in [6.45, 7) is 3.08. The van der Waals surface area contributed by atoms with Crippen molar-refractivity contribution in [1.29, 1.82) is 0 Å². The van der Waals surface area contributed by atoms with Gasteiger partial charge in [0, 0.05) is 24.7 Å². The molecule has 0 aromatic heterocycles. The number of likely N-dealkylation sites (tertiary alicyclic amines) is 1. The Labute approximate surface area is 119 Å². The van der Waals surface area contributed by atoms with E-state index in [0.717, 1.165) is 31.4 Å². The fourth-order valence-electron chi connectivity index (χ4n) is 2.61. The van der Waals surface area contributed by atoms with E-state index in [1.54, 1.807) is 25.1 Å². The van der Waals surface area contributed by atoms with Gasteiger partial charge in [0.25, 0.3) is 0 Å². The summed E-state index contributed by atoms with van der Waals surface area (Å²) in [7, 11) is 0. The molecule has 1 aliphatic heterocycles. The van der Waals surface area contributed by atoms with E-state index in [9.17, 15) is 9.18 Å². The van der Waals surface area contributed by atoms with E-state index in [2.05, 4.69) is 0 Å². The summed E-state index contributed by atoms with van der Waals surface area (Å²) in [5.41, 5.74) is 7.24. The zero-order chi connectivity index (χ0) is 14.5. The molecule has 1 amide bonds. The second-order valence-electron chi connectivity index (χ2n) is 5.26. The van der Waals surface area contributed by atoms with Crippen LogP contribution in [0.2, 0.25) is 0 Å². The topological polar surface area (TPSA) is 46.3 Å². The van der Waals surface area contributed by atoms with E-state index in [4.69, 9.17) is 5.73 Å². The second kappa shape index (κ2) is 6.66. The Morgan fingerprint density at radius 1 is 1.40 bits per heavy atom. The third-order valence-corrected chi connectivity index (χ3v) is 3.75. The summed E-state index contributed by atoms with van der Waals surface area (Å²) < 4.78 is 12.9. The van der Waals surface area contributed by atoms with Crippen molar-refractivity contribution in [3.63, 3.8) is 0 Å². The number of halogens is 1. The maximum absolute atomic E-state index is 12.9. The van der Waals surface area contributed by atoms with Crippen molar-refractivity contribution in [2.75, 3.05) is 13.1 Å². The van der Waals surface area contributed by atoms with Crippen molar-refractivity contribution in [2.24, 2.45) is 5.73 Å². The van der Waals surface area contributed by atoms with Gasteiger partial charge in [-0.2, -0.15) is 0 Å². The SMILES string of the molecule is C/C(=C/c1ccc(F)cc1)C(=O)N1CCCCC1CN. The molecule has 0 saturated carbocycles. The third-order valence-electron chi connectivity index (χ3n) is 3.75.